The van der Waals surface area contributed by atoms with E-state index < -0.39 is 6.10 Å². The molecule has 0 spiro atoms. The Labute approximate surface area is 113 Å². The summed E-state index contributed by atoms with van der Waals surface area (Å²) in [6, 6.07) is 6.31. The van der Waals surface area contributed by atoms with Crippen molar-refractivity contribution in [3.8, 4) is 0 Å². The first-order chi connectivity index (χ1) is 8.95. The van der Waals surface area contributed by atoms with Crippen molar-refractivity contribution in [3.63, 3.8) is 0 Å². The molecule has 2 N–H and O–H groups in total. The van der Waals surface area contributed by atoms with E-state index in [1.807, 2.05) is 0 Å². The monoisotopic (exact) mass is 267 g/mol. The van der Waals surface area contributed by atoms with Gasteiger partial charge in [0.25, 0.3) is 0 Å². The minimum atomic E-state index is -0.613. The second-order valence-corrected chi connectivity index (χ2v) is 5.81. The maximum atomic E-state index is 12.8. The first-order valence-electron chi connectivity index (χ1n) is 6.65. The van der Waals surface area contributed by atoms with Gasteiger partial charge in [0.15, 0.2) is 0 Å². The highest BCUT2D eigenvalue weighted by atomic mass is 19.1. The first-order valence-corrected chi connectivity index (χ1v) is 6.65. The average Bonchev–Trinajstić information content (AvgIpc) is 2.38. The number of rotatable bonds is 5. The van der Waals surface area contributed by atoms with Crippen LogP contribution in [0.4, 0.5) is 4.39 Å². The molecule has 1 aliphatic carbocycles. The Morgan fingerprint density at radius 3 is 2.58 bits per heavy atom. The summed E-state index contributed by atoms with van der Waals surface area (Å²) in [6.45, 7) is 4.79. The molecule has 1 fully saturated rings. The number of halogens is 1. The molecule has 0 radical (unpaired) electrons. The van der Waals surface area contributed by atoms with Crippen molar-refractivity contribution in [2.75, 3.05) is 13.7 Å². The van der Waals surface area contributed by atoms with Crippen molar-refractivity contribution in [2.24, 2.45) is 5.41 Å². The van der Waals surface area contributed by atoms with E-state index in [9.17, 15) is 9.50 Å². The van der Waals surface area contributed by atoms with Crippen molar-refractivity contribution in [3.05, 3.63) is 35.6 Å². The SMILES string of the molecule is COC1CC(NCC(O)c2ccc(F)cc2)C1(C)C. The fourth-order valence-electron chi connectivity index (χ4n) is 2.69. The lowest BCUT2D eigenvalue weighted by atomic mass is 9.64. The smallest absolute Gasteiger partial charge is 0.123 e. The van der Waals surface area contributed by atoms with Crippen LogP contribution in [0, 0.1) is 11.2 Å². The lowest BCUT2D eigenvalue weighted by Gasteiger charge is -2.51. The van der Waals surface area contributed by atoms with E-state index >= 15 is 0 Å². The van der Waals surface area contributed by atoms with Crippen LogP contribution in [0.25, 0.3) is 0 Å². The largest absolute Gasteiger partial charge is 0.387 e. The third kappa shape index (κ3) is 2.96. The van der Waals surface area contributed by atoms with Crippen molar-refractivity contribution in [1.82, 2.24) is 5.32 Å². The van der Waals surface area contributed by atoms with Crippen molar-refractivity contribution < 1.29 is 14.2 Å². The summed E-state index contributed by atoms with van der Waals surface area (Å²) in [5.41, 5.74) is 0.811. The minimum absolute atomic E-state index is 0.0806. The van der Waals surface area contributed by atoms with Gasteiger partial charge in [-0.2, -0.15) is 0 Å². The van der Waals surface area contributed by atoms with E-state index in [0.29, 0.717) is 12.6 Å². The summed E-state index contributed by atoms with van der Waals surface area (Å²) in [6.07, 6.45) is 0.616. The third-order valence-electron chi connectivity index (χ3n) is 4.27. The fraction of sp³-hybridized carbons (Fsp3) is 0.600. The predicted octanol–water partition coefficient (Wildman–Crippen LogP) is 2.26. The molecule has 3 nitrogen and oxygen atoms in total. The zero-order chi connectivity index (χ0) is 14.0. The third-order valence-corrected chi connectivity index (χ3v) is 4.27. The molecule has 19 heavy (non-hydrogen) atoms. The average molecular weight is 267 g/mol. The summed E-state index contributed by atoms with van der Waals surface area (Å²) in [7, 11) is 1.73. The van der Waals surface area contributed by atoms with Crippen molar-refractivity contribution >= 4 is 0 Å². The zero-order valence-corrected chi connectivity index (χ0v) is 11.7. The lowest BCUT2D eigenvalue weighted by Crippen LogP contribution is -2.61. The maximum absolute atomic E-state index is 12.8. The highest BCUT2D eigenvalue weighted by Crippen LogP contribution is 2.42. The zero-order valence-electron chi connectivity index (χ0n) is 11.7. The van der Waals surface area contributed by atoms with Crippen LogP contribution in [0.5, 0.6) is 0 Å². The number of benzene rings is 1. The van der Waals surface area contributed by atoms with Gasteiger partial charge in [0.1, 0.15) is 5.82 Å². The Morgan fingerprint density at radius 2 is 2.05 bits per heavy atom. The summed E-state index contributed by atoms with van der Waals surface area (Å²) in [5, 5.41) is 13.4. The van der Waals surface area contributed by atoms with Gasteiger partial charge in [0, 0.05) is 25.1 Å². The molecule has 0 heterocycles. The van der Waals surface area contributed by atoms with Crippen LogP contribution in [0.3, 0.4) is 0 Å². The summed E-state index contributed by atoms with van der Waals surface area (Å²) in [4.78, 5) is 0. The number of nitrogens with one attached hydrogen (secondary N) is 1. The van der Waals surface area contributed by atoms with Gasteiger partial charge in [-0.3, -0.25) is 0 Å². The molecule has 0 aliphatic heterocycles. The number of hydrogen-bond donors (Lipinski definition) is 2. The molecule has 3 atom stereocenters. The normalized spacial score (nSPS) is 26.8. The van der Waals surface area contributed by atoms with Crippen LogP contribution in [0.15, 0.2) is 24.3 Å². The fourth-order valence-corrected chi connectivity index (χ4v) is 2.69. The molecule has 0 aromatic heterocycles. The highest BCUT2D eigenvalue weighted by molar-refractivity contribution is 5.19. The Morgan fingerprint density at radius 1 is 1.42 bits per heavy atom. The Kier molecular flexibility index (Phi) is 4.23. The van der Waals surface area contributed by atoms with Gasteiger partial charge in [-0.05, 0) is 24.1 Å². The molecular weight excluding hydrogens is 245 g/mol. The number of ether oxygens (including phenoxy) is 1. The molecule has 0 saturated heterocycles. The summed E-state index contributed by atoms with van der Waals surface area (Å²) < 4.78 is 18.2. The topological polar surface area (TPSA) is 41.5 Å². The molecule has 1 aromatic rings. The van der Waals surface area contributed by atoms with Gasteiger partial charge in [-0.1, -0.05) is 26.0 Å². The molecule has 4 heteroatoms. The van der Waals surface area contributed by atoms with E-state index in [4.69, 9.17) is 4.74 Å². The minimum Gasteiger partial charge on any atom is -0.387 e. The number of methoxy groups -OCH3 is 1. The van der Waals surface area contributed by atoms with Gasteiger partial charge in [0.05, 0.1) is 12.2 Å². The first kappa shape index (κ1) is 14.4. The van der Waals surface area contributed by atoms with E-state index in [-0.39, 0.29) is 17.3 Å². The van der Waals surface area contributed by atoms with Crippen LogP contribution < -0.4 is 5.32 Å². The van der Waals surface area contributed by atoms with E-state index in [0.717, 1.165) is 12.0 Å². The van der Waals surface area contributed by atoms with Gasteiger partial charge in [0.2, 0.25) is 0 Å². The maximum Gasteiger partial charge on any atom is 0.123 e. The molecule has 1 aliphatic rings. The Hall–Kier alpha value is -0.970. The van der Waals surface area contributed by atoms with E-state index in [2.05, 4.69) is 19.2 Å². The van der Waals surface area contributed by atoms with Crippen LogP contribution in [0.2, 0.25) is 0 Å². The predicted molar refractivity (Wildman–Crippen MR) is 72.3 cm³/mol. The molecule has 3 unspecified atom stereocenters. The van der Waals surface area contributed by atoms with Crippen LogP contribution >= 0.6 is 0 Å². The quantitative estimate of drug-likeness (QED) is 0.860. The molecule has 1 aromatic carbocycles. The number of aliphatic hydroxyl groups excluding tert-OH is 1. The second-order valence-electron chi connectivity index (χ2n) is 5.81. The van der Waals surface area contributed by atoms with Crippen molar-refractivity contribution in [1.29, 1.82) is 0 Å². The molecule has 2 rings (SSSR count). The van der Waals surface area contributed by atoms with Crippen LogP contribution in [-0.2, 0) is 4.74 Å². The van der Waals surface area contributed by atoms with Gasteiger partial charge < -0.3 is 15.2 Å². The summed E-state index contributed by atoms with van der Waals surface area (Å²) in [5.74, 6) is -0.285. The Balaban J connectivity index is 1.85. The second kappa shape index (κ2) is 5.57. The summed E-state index contributed by atoms with van der Waals surface area (Å²) >= 11 is 0. The van der Waals surface area contributed by atoms with Gasteiger partial charge >= 0.3 is 0 Å². The van der Waals surface area contributed by atoms with Crippen LogP contribution in [0.1, 0.15) is 31.9 Å². The molecule has 1 saturated carbocycles. The van der Waals surface area contributed by atoms with E-state index in [1.165, 1.54) is 12.1 Å². The lowest BCUT2D eigenvalue weighted by molar-refractivity contribution is -0.0992. The van der Waals surface area contributed by atoms with Gasteiger partial charge in [-0.25, -0.2) is 4.39 Å². The van der Waals surface area contributed by atoms with E-state index in [1.54, 1.807) is 19.2 Å². The molecule has 106 valence electrons. The number of hydrogen-bond acceptors (Lipinski definition) is 3. The standard InChI is InChI=1S/C15H22FNO2/c1-15(2)13(8-14(15)19-3)17-9-12(18)10-4-6-11(16)7-5-10/h4-7,12-14,17-18H,8-9H2,1-3H3. The number of aliphatic hydroxyl groups is 1. The van der Waals surface area contributed by atoms with Crippen molar-refractivity contribution in [2.45, 2.75) is 38.5 Å². The highest BCUT2D eigenvalue weighted by Gasteiger charge is 2.48. The Bertz CT molecular complexity index is 419. The van der Waals surface area contributed by atoms with Crippen LogP contribution in [-0.4, -0.2) is 30.9 Å². The molecule has 0 amide bonds. The molecule has 0 bridgehead atoms. The van der Waals surface area contributed by atoms with Gasteiger partial charge in [-0.15, -0.1) is 0 Å². The molecular formula is C15H22FNO2.